The van der Waals surface area contributed by atoms with E-state index in [0.717, 1.165) is 5.69 Å². The highest BCUT2D eigenvalue weighted by Gasteiger charge is 2.19. The van der Waals surface area contributed by atoms with Gasteiger partial charge in [0, 0.05) is 18.3 Å². The average molecular weight is 282 g/mol. The van der Waals surface area contributed by atoms with Gasteiger partial charge in [0.2, 0.25) is 0 Å². The molecule has 0 unspecified atom stereocenters. The number of carbonyl (C=O) groups is 2. The first-order valence-electron chi connectivity index (χ1n) is 6.55. The molecule has 1 aliphatic rings. The van der Waals surface area contributed by atoms with Crippen molar-refractivity contribution < 1.29 is 14.3 Å². The number of fused-ring (bicyclic) bond motifs is 1. The molecule has 0 bridgehead atoms. The van der Waals surface area contributed by atoms with Crippen molar-refractivity contribution in [3.8, 4) is 5.75 Å². The van der Waals surface area contributed by atoms with Crippen molar-refractivity contribution in [2.45, 2.75) is 0 Å². The van der Waals surface area contributed by atoms with Crippen LogP contribution in [0.3, 0.4) is 0 Å². The molecular formula is C16H14N2O3. The molecule has 3 rings (SSSR count). The van der Waals surface area contributed by atoms with Crippen molar-refractivity contribution >= 4 is 23.2 Å². The molecule has 5 heteroatoms. The minimum absolute atomic E-state index is 0.00418. The molecule has 2 aromatic rings. The van der Waals surface area contributed by atoms with E-state index in [9.17, 15) is 9.59 Å². The van der Waals surface area contributed by atoms with Gasteiger partial charge in [0.1, 0.15) is 5.75 Å². The molecule has 0 radical (unpaired) electrons. The number of rotatable bonds is 2. The molecule has 21 heavy (non-hydrogen) atoms. The molecule has 5 nitrogen and oxygen atoms in total. The Morgan fingerprint density at radius 1 is 1.19 bits per heavy atom. The summed E-state index contributed by atoms with van der Waals surface area (Å²) in [6, 6.07) is 14.4. The molecule has 0 fully saturated rings. The highest BCUT2D eigenvalue weighted by Crippen LogP contribution is 2.29. The summed E-state index contributed by atoms with van der Waals surface area (Å²) in [5, 5.41) is 2.70. The van der Waals surface area contributed by atoms with E-state index in [1.807, 2.05) is 30.3 Å². The van der Waals surface area contributed by atoms with E-state index in [0.29, 0.717) is 17.0 Å². The maximum Gasteiger partial charge on any atom is 0.262 e. The number of ether oxygens (including phenoxy) is 1. The van der Waals surface area contributed by atoms with Gasteiger partial charge in [-0.15, -0.1) is 0 Å². The fourth-order valence-corrected chi connectivity index (χ4v) is 2.18. The Morgan fingerprint density at radius 2 is 1.95 bits per heavy atom. The van der Waals surface area contributed by atoms with E-state index in [1.54, 1.807) is 30.1 Å². The summed E-state index contributed by atoms with van der Waals surface area (Å²) in [4.78, 5) is 25.4. The molecule has 0 aromatic heterocycles. The van der Waals surface area contributed by atoms with E-state index in [1.165, 1.54) is 0 Å². The van der Waals surface area contributed by atoms with Crippen molar-refractivity contribution in [1.82, 2.24) is 0 Å². The highest BCUT2D eigenvalue weighted by atomic mass is 16.5. The SMILES string of the molecule is CN(C(=O)c1ccc2c(c1)NC(=O)CO2)c1ccccc1. The van der Waals surface area contributed by atoms with E-state index in [2.05, 4.69) is 5.32 Å². The van der Waals surface area contributed by atoms with Crippen LogP contribution < -0.4 is 15.0 Å². The second-order valence-corrected chi connectivity index (χ2v) is 4.75. The topological polar surface area (TPSA) is 58.6 Å². The van der Waals surface area contributed by atoms with Crippen molar-refractivity contribution in [2.24, 2.45) is 0 Å². The summed E-state index contributed by atoms with van der Waals surface area (Å²) in [7, 11) is 1.71. The monoisotopic (exact) mass is 282 g/mol. The van der Waals surface area contributed by atoms with E-state index in [4.69, 9.17) is 4.74 Å². The molecule has 0 aliphatic carbocycles. The largest absolute Gasteiger partial charge is 0.482 e. The summed E-state index contributed by atoms with van der Waals surface area (Å²) in [5.74, 6) is 0.209. The zero-order valence-electron chi connectivity index (χ0n) is 11.5. The van der Waals surface area contributed by atoms with Crippen LogP contribution in [0.2, 0.25) is 0 Å². The third-order valence-corrected chi connectivity index (χ3v) is 3.31. The number of nitrogens with zero attached hydrogens (tertiary/aromatic N) is 1. The van der Waals surface area contributed by atoms with Gasteiger partial charge < -0.3 is 15.0 Å². The smallest absolute Gasteiger partial charge is 0.262 e. The molecule has 0 saturated heterocycles. The van der Waals surface area contributed by atoms with Gasteiger partial charge in [-0.05, 0) is 30.3 Å². The van der Waals surface area contributed by atoms with Crippen molar-refractivity contribution in [3.63, 3.8) is 0 Å². The van der Waals surface area contributed by atoms with Crippen molar-refractivity contribution in [1.29, 1.82) is 0 Å². The first-order valence-corrected chi connectivity index (χ1v) is 6.55. The van der Waals surface area contributed by atoms with Crippen LogP contribution in [0.1, 0.15) is 10.4 Å². The summed E-state index contributed by atoms with van der Waals surface area (Å²) in [6.07, 6.45) is 0. The number of carbonyl (C=O) groups excluding carboxylic acids is 2. The van der Waals surface area contributed by atoms with Crippen LogP contribution in [-0.4, -0.2) is 25.5 Å². The molecule has 2 amide bonds. The summed E-state index contributed by atoms with van der Waals surface area (Å²) in [6.45, 7) is 0.00418. The van der Waals surface area contributed by atoms with Gasteiger partial charge in [0.15, 0.2) is 6.61 Å². The lowest BCUT2D eigenvalue weighted by molar-refractivity contribution is -0.118. The number of para-hydroxylation sites is 1. The summed E-state index contributed by atoms with van der Waals surface area (Å²) >= 11 is 0. The Morgan fingerprint density at radius 3 is 2.71 bits per heavy atom. The Hall–Kier alpha value is -2.82. The van der Waals surface area contributed by atoms with E-state index in [-0.39, 0.29) is 18.4 Å². The predicted octanol–water partition coefficient (Wildman–Crippen LogP) is 2.29. The molecule has 0 spiro atoms. The van der Waals surface area contributed by atoms with Crippen LogP contribution in [0.15, 0.2) is 48.5 Å². The fraction of sp³-hybridized carbons (Fsp3) is 0.125. The zero-order chi connectivity index (χ0) is 14.8. The molecule has 2 aromatic carbocycles. The lowest BCUT2D eigenvalue weighted by Crippen LogP contribution is -2.28. The maximum atomic E-state index is 12.5. The number of anilines is 2. The van der Waals surface area contributed by atoms with Crippen LogP contribution in [0.5, 0.6) is 5.75 Å². The van der Waals surface area contributed by atoms with Gasteiger partial charge in [-0.2, -0.15) is 0 Å². The normalized spacial score (nSPS) is 12.9. The number of hydrogen-bond acceptors (Lipinski definition) is 3. The minimum Gasteiger partial charge on any atom is -0.482 e. The Labute approximate surface area is 122 Å². The number of benzene rings is 2. The van der Waals surface area contributed by atoms with Crippen LogP contribution >= 0.6 is 0 Å². The molecule has 0 atom stereocenters. The maximum absolute atomic E-state index is 12.5. The van der Waals surface area contributed by atoms with Crippen LogP contribution in [0, 0.1) is 0 Å². The Balaban J connectivity index is 1.88. The number of nitrogens with one attached hydrogen (secondary N) is 1. The predicted molar refractivity (Wildman–Crippen MR) is 79.7 cm³/mol. The zero-order valence-corrected chi connectivity index (χ0v) is 11.5. The summed E-state index contributed by atoms with van der Waals surface area (Å²) in [5.41, 5.74) is 1.82. The van der Waals surface area contributed by atoms with E-state index < -0.39 is 0 Å². The quantitative estimate of drug-likeness (QED) is 0.919. The van der Waals surface area contributed by atoms with Crippen LogP contribution in [-0.2, 0) is 4.79 Å². The first-order chi connectivity index (χ1) is 10.1. The van der Waals surface area contributed by atoms with Crippen molar-refractivity contribution in [3.05, 3.63) is 54.1 Å². The first kappa shape index (κ1) is 13.2. The van der Waals surface area contributed by atoms with Gasteiger partial charge in [0.25, 0.3) is 11.8 Å². The molecule has 1 heterocycles. The Bertz CT molecular complexity index is 698. The number of amides is 2. The average Bonchev–Trinajstić information content (AvgIpc) is 2.53. The lowest BCUT2D eigenvalue weighted by atomic mass is 10.1. The van der Waals surface area contributed by atoms with Crippen LogP contribution in [0.4, 0.5) is 11.4 Å². The molecule has 1 aliphatic heterocycles. The highest BCUT2D eigenvalue weighted by molar-refractivity contribution is 6.07. The molecule has 106 valence electrons. The molecule has 0 saturated carbocycles. The minimum atomic E-state index is -0.219. The fourth-order valence-electron chi connectivity index (χ4n) is 2.18. The van der Waals surface area contributed by atoms with Gasteiger partial charge in [-0.25, -0.2) is 0 Å². The van der Waals surface area contributed by atoms with E-state index >= 15 is 0 Å². The van der Waals surface area contributed by atoms with Crippen LogP contribution in [0.25, 0.3) is 0 Å². The standard InChI is InChI=1S/C16H14N2O3/c1-18(12-5-3-2-4-6-12)16(20)11-7-8-14-13(9-11)17-15(19)10-21-14/h2-9H,10H2,1H3,(H,17,19). The second-order valence-electron chi connectivity index (χ2n) is 4.75. The molecular weight excluding hydrogens is 268 g/mol. The third kappa shape index (κ3) is 2.58. The number of hydrogen-bond donors (Lipinski definition) is 1. The Kier molecular flexibility index (Phi) is 3.31. The van der Waals surface area contributed by atoms with Crippen molar-refractivity contribution in [2.75, 3.05) is 23.9 Å². The van der Waals surface area contributed by atoms with Gasteiger partial charge in [-0.1, -0.05) is 18.2 Å². The van der Waals surface area contributed by atoms with Gasteiger partial charge >= 0.3 is 0 Å². The lowest BCUT2D eigenvalue weighted by Gasteiger charge is -2.21. The second kappa shape index (κ2) is 5.28. The van der Waals surface area contributed by atoms with Gasteiger partial charge in [-0.3, -0.25) is 9.59 Å². The third-order valence-electron chi connectivity index (χ3n) is 3.31. The summed E-state index contributed by atoms with van der Waals surface area (Å²) < 4.78 is 5.28. The molecule has 1 N–H and O–H groups in total. The van der Waals surface area contributed by atoms with Gasteiger partial charge in [0.05, 0.1) is 5.69 Å².